The van der Waals surface area contributed by atoms with Crippen molar-refractivity contribution in [2.75, 3.05) is 6.54 Å². The van der Waals surface area contributed by atoms with Crippen LogP contribution in [0.25, 0.3) is 0 Å². The van der Waals surface area contributed by atoms with Crippen molar-refractivity contribution in [1.29, 1.82) is 0 Å². The average molecular weight is 276 g/mol. The Kier molecular flexibility index (Phi) is 4.91. The molecule has 1 fully saturated rings. The fourth-order valence-electron chi connectivity index (χ4n) is 2.68. The minimum atomic E-state index is 0.130. The Morgan fingerprint density at radius 3 is 2.47 bits per heavy atom. The molecule has 0 heterocycles. The van der Waals surface area contributed by atoms with Crippen molar-refractivity contribution in [3.63, 3.8) is 0 Å². The molecule has 19 heavy (non-hydrogen) atoms. The van der Waals surface area contributed by atoms with Gasteiger partial charge in [-0.1, -0.05) is 55.4 Å². The van der Waals surface area contributed by atoms with Gasteiger partial charge in [0.2, 0.25) is 5.91 Å². The number of nitrogens with zero attached hydrogens (tertiary/aromatic N) is 1. The number of hydrogen-bond acceptors (Lipinski definition) is 2. The highest BCUT2D eigenvalue weighted by Gasteiger charge is 2.26. The van der Waals surface area contributed by atoms with Crippen LogP contribution in [0.3, 0.4) is 0 Å². The molecular weight excluding hydrogens is 256 g/mol. The van der Waals surface area contributed by atoms with E-state index in [9.17, 15) is 4.79 Å². The molecule has 0 radical (unpaired) electrons. The Morgan fingerprint density at radius 2 is 1.89 bits per heavy atom. The first-order valence-corrected chi connectivity index (χ1v) is 7.19. The molecule has 2 N–H and O–H groups in total. The van der Waals surface area contributed by atoms with Gasteiger partial charge in [0.05, 0.1) is 18.0 Å². The second-order valence-corrected chi connectivity index (χ2v) is 5.61. The van der Waals surface area contributed by atoms with Crippen molar-refractivity contribution in [1.82, 2.24) is 4.90 Å². The number of nitrogens with two attached hydrogens (primary N) is 1. The summed E-state index contributed by atoms with van der Waals surface area (Å²) < 4.78 is 0. The van der Waals surface area contributed by atoms with Crippen molar-refractivity contribution in [3.8, 4) is 0 Å². The van der Waals surface area contributed by atoms with Crippen LogP contribution < -0.4 is 5.73 Å². The van der Waals surface area contributed by atoms with Crippen molar-refractivity contribution >= 4 is 23.1 Å². The zero-order valence-corrected chi connectivity index (χ0v) is 11.9. The van der Waals surface area contributed by atoms with Gasteiger partial charge >= 0.3 is 0 Å². The number of benzene rings is 1. The third-order valence-electron chi connectivity index (χ3n) is 3.61. The van der Waals surface area contributed by atoms with Crippen LogP contribution in [0.4, 0.5) is 0 Å². The molecule has 1 saturated carbocycles. The summed E-state index contributed by atoms with van der Waals surface area (Å²) in [5.74, 6) is 0.130. The van der Waals surface area contributed by atoms with Gasteiger partial charge in [-0.3, -0.25) is 4.79 Å². The van der Waals surface area contributed by atoms with E-state index in [1.807, 2.05) is 35.2 Å². The molecule has 0 aliphatic heterocycles. The van der Waals surface area contributed by atoms with Crippen LogP contribution in [0.2, 0.25) is 0 Å². The topological polar surface area (TPSA) is 46.3 Å². The molecule has 0 spiro atoms. The zero-order valence-electron chi connectivity index (χ0n) is 11.0. The standard InChI is InChI=1S/C15H20N2OS/c16-14(19)11-17(13-8-4-5-9-13)15(18)10-12-6-2-1-3-7-12/h1-3,6-7,13H,4-5,8-11H2,(H2,16,19). The van der Waals surface area contributed by atoms with E-state index in [0.29, 0.717) is 24.0 Å². The first-order chi connectivity index (χ1) is 9.16. The highest BCUT2D eigenvalue weighted by Crippen LogP contribution is 2.24. The Bertz CT molecular complexity index is 441. The molecule has 2 rings (SSSR count). The smallest absolute Gasteiger partial charge is 0.227 e. The highest BCUT2D eigenvalue weighted by atomic mass is 32.1. The lowest BCUT2D eigenvalue weighted by Crippen LogP contribution is -2.44. The lowest BCUT2D eigenvalue weighted by Gasteiger charge is -2.28. The van der Waals surface area contributed by atoms with Crippen LogP contribution >= 0.6 is 12.2 Å². The largest absolute Gasteiger partial charge is 0.392 e. The van der Waals surface area contributed by atoms with E-state index in [0.717, 1.165) is 18.4 Å². The number of carbonyl (C=O) groups is 1. The van der Waals surface area contributed by atoms with Crippen molar-refractivity contribution in [2.24, 2.45) is 5.73 Å². The summed E-state index contributed by atoms with van der Waals surface area (Å²) in [4.78, 5) is 14.7. The molecule has 1 aliphatic rings. The van der Waals surface area contributed by atoms with E-state index < -0.39 is 0 Å². The number of amides is 1. The Balaban J connectivity index is 2.04. The van der Waals surface area contributed by atoms with Gasteiger partial charge in [0.25, 0.3) is 0 Å². The summed E-state index contributed by atoms with van der Waals surface area (Å²) in [5.41, 5.74) is 6.67. The Labute approximate surface area is 119 Å². The second kappa shape index (κ2) is 6.66. The monoisotopic (exact) mass is 276 g/mol. The molecule has 4 heteroatoms. The third-order valence-corrected chi connectivity index (χ3v) is 3.74. The van der Waals surface area contributed by atoms with Crippen LogP contribution in [0.15, 0.2) is 30.3 Å². The quantitative estimate of drug-likeness (QED) is 0.839. The van der Waals surface area contributed by atoms with Crippen LogP contribution in [-0.2, 0) is 11.2 Å². The highest BCUT2D eigenvalue weighted by molar-refractivity contribution is 7.80. The van der Waals surface area contributed by atoms with Crippen LogP contribution in [-0.4, -0.2) is 28.4 Å². The molecule has 0 bridgehead atoms. The van der Waals surface area contributed by atoms with Gasteiger partial charge in [0.15, 0.2) is 0 Å². The lowest BCUT2D eigenvalue weighted by molar-refractivity contribution is -0.131. The van der Waals surface area contributed by atoms with Gasteiger partial charge < -0.3 is 10.6 Å². The molecule has 3 nitrogen and oxygen atoms in total. The number of thiocarbonyl (C=S) groups is 1. The number of rotatable bonds is 5. The van der Waals surface area contributed by atoms with Gasteiger partial charge in [0.1, 0.15) is 0 Å². The fourth-order valence-corrected chi connectivity index (χ4v) is 2.82. The minimum absolute atomic E-state index is 0.130. The summed E-state index contributed by atoms with van der Waals surface area (Å²) in [6.45, 7) is 0.408. The maximum absolute atomic E-state index is 12.4. The van der Waals surface area contributed by atoms with Crippen molar-refractivity contribution < 1.29 is 4.79 Å². The molecule has 1 aromatic carbocycles. The first kappa shape index (κ1) is 14.0. The second-order valence-electron chi connectivity index (χ2n) is 5.09. The van der Waals surface area contributed by atoms with E-state index in [1.165, 1.54) is 12.8 Å². The molecule has 1 aromatic rings. The molecule has 1 aliphatic carbocycles. The summed E-state index contributed by atoms with van der Waals surface area (Å²) in [5, 5.41) is 0. The van der Waals surface area contributed by atoms with Crippen LogP contribution in [0, 0.1) is 0 Å². The molecule has 0 saturated heterocycles. The van der Waals surface area contributed by atoms with Crippen LogP contribution in [0.5, 0.6) is 0 Å². The summed E-state index contributed by atoms with van der Waals surface area (Å²) >= 11 is 4.97. The van der Waals surface area contributed by atoms with Gasteiger partial charge in [-0.15, -0.1) is 0 Å². The minimum Gasteiger partial charge on any atom is -0.392 e. The molecule has 102 valence electrons. The Hall–Kier alpha value is -1.42. The molecule has 1 amide bonds. The van der Waals surface area contributed by atoms with Crippen LogP contribution in [0.1, 0.15) is 31.2 Å². The van der Waals surface area contributed by atoms with Gasteiger partial charge in [-0.2, -0.15) is 0 Å². The molecule has 0 atom stereocenters. The maximum atomic E-state index is 12.4. The SMILES string of the molecule is NC(=S)CN(C(=O)Cc1ccccc1)C1CCCC1. The molecule has 0 aromatic heterocycles. The molecule has 0 unspecified atom stereocenters. The Morgan fingerprint density at radius 1 is 1.26 bits per heavy atom. The predicted octanol–water partition coefficient (Wildman–Crippen LogP) is 2.29. The summed E-state index contributed by atoms with van der Waals surface area (Å²) in [7, 11) is 0. The zero-order chi connectivity index (χ0) is 13.7. The normalized spacial score (nSPS) is 15.4. The van der Waals surface area contributed by atoms with Crippen molar-refractivity contribution in [3.05, 3.63) is 35.9 Å². The van der Waals surface area contributed by atoms with E-state index >= 15 is 0 Å². The van der Waals surface area contributed by atoms with E-state index in [4.69, 9.17) is 18.0 Å². The number of carbonyl (C=O) groups excluding carboxylic acids is 1. The average Bonchev–Trinajstić information content (AvgIpc) is 2.90. The van der Waals surface area contributed by atoms with E-state index in [1.54, 1.807) is 0 Å². The summed E-state index contributed by atoms with van der Waals surface area (Å²) in [6, 6.07) is 10.1. The van der Waals surface area contributed by atoms with E-state index in [-0.39, 0.29) is 5.91 Å². The fraction of sp³-hybridized carbons (Fsp3) is 0.467. The first-order valence-electron chi connectivity index (χ1n) is 6.78. The lowest BCUT2D eigenvalue weighted by atomic mass is 10.1. The maximum Gasteiger partial charge on any atom is 0.227 e. The molecular formula is C15H20N2OS. The van der Waals surface area contributed by atoms with Gasteiger partial charge in [-0.25, -0.2) is 0 Å². The van der Waals surface area contributed by atoms with Gasteiger partial charge in [-0.05, 0) is 18.4 Å². The van der Waals surface area contributed by atoms with Gasteiger partial charge in [0, 0.05) is 6.04 Å². The third kappa shape index (κ3) is 4.03. The van der Waals surface area contributed by atoms with E-state index in [2.05, 4.69) is 0 Å². The predicted molar refractivity (Wildman–Crippen MR) is 80.9 cm³/mol. The number of hydrogen-bond donors (Lipinski definition) is 1. The summed E-state index contributed by atoms with van der Waals surface area (Å²) in [6.07, 6.45) is 4.96. The van der Waals surface area contributed by atoms with Crippen molar-refractivity contribution in [2.45, 2.75) is 38.1 Å².